The zero-order valence-electron chi connectivity index (χ0n) is 9.80. The van der Waals surface area contributed by atoms with E-state index >= 15 is 0 Å². The second kappa shape index (κ2) is 4.79. The smallest absolute Gasteiger partial charge is 0.289 e. The number of benzene rings is 1. The fourth-order valence-corrected chi connectivity index (χ4v) is 1.52. The molecule has 0 saturated heterocycles. The van der Waals surface area contributed by atoms with E-state index in [0.717, 1.165) is 0 Å². The number of aromatic hydroxyl groups is 1. The van der Waals surface area contributed by atoms with Crippen molar-refractivity contribution in [1.29, 1.82) is 0 Å². The van der Waals surface area contributed by atoms with Crippen LogP contribution in [0.25, 0.3) is 0 Å². The van der Waals surface area contributed by atoms with Gasteiger partial charge in [-0.3, -0.25) is 4.79 Å². The van der Waals surface area contributed by atoms with Crippen molar-refractivity contribution in [3.63, 3.8) is 0 Å². The summed E-state index contributed by atoms with van der Waals surface area (Å²) in [5.41, 5.74) is 7.18. The molecule has 0 spiro atoms. The van der Waals surface area contributed by atoms with Crippen molar-refractivity contribution in [1.82, 2.24) is 10.3 Å². The summed E-state index contributed by atoms with van der Waals surface area (Å²) in [6, 6.07) is 4.67. The van der Waals surface area contributed by atoms with Gasteiger partial charge in [-0.1, -0.05) is 0 Å². The van der Waals surface area contributed by atoms with Crippen LogP contribution in [0.1, 0.15) is 21.8 Å². The molecule has 1 amide bonds. The van der Waals surface area contributed by atoms with E-state index in [-0.39, 0.29) is 24.0 Å². The maximum Gasteiger partial charge on any atom is 0.289 e. The molecule has 6 nitrogen and oxygen atoms in total. The first-order valence-electron chi connectivity index (χ1n) is 5.33. The van der Waals surface area contributed by atoms with Gasteiger partial charge in [0.2, 0.25) is 5.76 Å². The highest BCUT2D eigenvalue weighted by molar-refractivity contribution is 5.92. The van der Waals surface area contributed by atoms with Crippen LogP contribution in [0.2, 0.25) is 0 Å². The molecule has 0 fully saturated rings. The van der Waals surface area contributed by atoms with Crippen LogP contribution in [0.15, 0.2) is 29.0 Å². The number of nitrogens with two attached hydrogens (primary N) is 1. The number of hydrogen-bond acceptors (Lipinski definition) is 5. The minimum Gasteiger partial charge on any atom is -0.508 e. The molecule has 0 aliphatic rings. The topological polar surface area (TPSA) is 101 Å². The van der Waals surface area contributed by atoms with Crippen molar-refractivity contribution in [3.05, 3.63) is 41.6 Å². The van der Waals surface area contributed by atoms with Gasteiger partial charge in [0.25, 0.3) is 5.91 Å². The predicted molar refractivity (Wildman–Crippen MR) is 64.9 cm³/mol. The number of phenols is 1. The van der Waals surface area contributed by atoms with E-state index in [4.69, 9.17) is 10.2 Å². The maximum atomic E-state index is 11.7. The molecule has 1 aromatic carbocycles. The van der Waals surface area contributed by atoms with Crippen molar-refractivity contribution < 1.29 is 14.3 Å². The lowest BCUT2D eigenvalue weighted by atomic mass is 10.1. The third-order valence-corrected chi connectivity index (χ3v) is 2.49. The van der Waals surface area contributed by atoms with Gasteiger partial charge in [-0.2, -0.15) is 0 Å². The first kappa shape index (κ1) is 12.0. The van der Waals surface area contributed by atoms with Crippen LogP contribution in [0.3, 0.4) is 0 Å². The highest BCUT2D eigenvalue weighted by Crippen LogP contribution is 2.19. The Hall–Kier alpha value is -2.50. The number of anilines is 1. The number of rotatable bonds is 3. The van der Waals surface area contributed by atoms with Crippen LogP contribution in [-0.4, -0.2) is 16.0 Å². The third-order valence-electron chi connectivity index (χ3n) is 2.49. The lowest BCUT2D eigenvalue weighted by Crippen LogP contribution is -2.23. The van der Waals surface area contributed by atoms with E-state index in [1.807, 2.05) is 0 Å². The quantitative estimate of drug-likeness (QED) is 0.558. The summed E-state index contributed by atoms with van der Waals surface area (Å²) in [6.45, 7) is 1.84. The molecule has 0 aliphatic heterocycles. The van der Waals surface area contributed by atoms with Crippen molar-refractivity contribution in [3.8, 4) is 5.75 Å². The summed E-state index contributed by atoms with van der Waals surface area (Å²) in [7, 11) is 0. The molecule has 6 heteroatoms. The van der Waals surface area contributed by atoms with Gasteiger partial charge in [0.05, 0.1) is 5.69 Å². The SMILES string of the molecule is Cc1ncoc1C(=O)NCc1cc(N)ccc1O. The Morgan fingerprint density at radius 3 is 3.00 bits per heavy atom. The molecule has 0 radical (unpaired) electrons. The van der Waals surface area contributed by atoms with Gasteiger partial charge in [0.1, 0.15) is 5.75 Å². The Morgan fingerprint density at radius 1 is 1.56 bits per heavy atom. The summed E-state index contributed by atoms with van der Waals surface area (Å²) in [4.78, 5) is 15.6. The van der Waals surface area contributed by atoms with E-state index in [1.165, 1.54) is 12.5 Å². The number of aryl methyl sites for hydroxylation is 1. The molecule has 1 heterocycles. The molecule has 0 atom stereocenters. The maximum absolute atomic E-state index is 11.7. The summed E-state index contributed by atoms with van der Waals surface area (Å²) in [5.74, 6) is -0.135. The van der Waals surface area contributed by atoms with Crippen molar-refractivity contribution in [2.24, 2.45) is 0 Å². The van der Waals surface area contributed by atoms with E-state index in [1.54, 1.807) is 19.1 Å². The molecular formula is C12H13N3O3. The largest absolute Gasteiger partial charge is 0.508 e. The Bertz CT molecular complexity index is 578. The highest BCUT2D eigenvalue weighted by atomic mass is 16.3. The number of amides is 1. The van der Waals surface area contributed by atoms with E-state index < -0.39 is 0 Å². The first-order valence-corrected chi connectivity index (χ1v) is 5.33. The molecule has 4 N–H and O–H groups in total. The van der Waals surface area contributed by atoms with Crippen LogP contribution >= 0.6 is 0 Å². The van der Waals surface area contributed by atoms with Crippen LogP contribution in [0.5, 0.6) is 5.75 Å². The zero-order valence-corrected chi connectivity index (χ0v) is 9.80. The fourth-order valence-electron chi connectivity index (χ4n) is 1.52. The minimum atomic E-state index is -0.383. The Kier molecular flexibility index (Phi) is 3.18. The Morgan fingerprint density at radius 2 is 2.33 bits per heavy atom. The number of nitrogens with zero attached hydrogens (tertiary/aromatic N) is 1. The molecule has 0 unspecified atom stereocenters. The molecule has 18 heavy (non-hydrogen) atoms. The second-order valence-corrected chi connectivity index (χ2v) is 3.84. The lowest BCUT2D eigenvalue weighted by Gasteiger charge is -2.06. The van der Waals surface area contributed by atoms with Crippen molar-refractivity contribution >= 4 is 11.6 Å². The van der Waals surface area contributed by atoms with Gasteiger partial charge in [-0.25, -0.2) is 4.98 Å². The summed E-state index contributed by atoms with van der Waals surface area (Å²) < 4.78 is 4.96. The van der Waals surface area contributed by atoms with Crippen molar-refractivity contribution in [2.45, 2.75) is 13.5 Å². The number of hydrogen-bond donors (Lipinski definition) is 3. The van der Waals surface area contributed by atoms with E-state index in [2.05, 4.69) is 10.3 Å². The normalized spacial score (nSPS) is 10.3. The van der Waals surface area contributed by atoms with Gasteiger partial charge in [-0.05, 0) is 25.1 Å². The van der Waals surface area contributed by atoms with Crippen LogP contribution in [0, 0.1) is 6.92 Å². The molecule has 2 rings (SSSR count). The van der Waals surface area contributed by atoms with Crippen LogP contribution in [0.4, 0.5) is 5.69 Å². The standard InChI is InChI=1S/C12H13N3O3/c1-7-11(18-6-15-7)12(17)14-5-8-4-9(13)2-3-10(8)16/h2-4,6,16H,5,13H2,1H3,(H,14,17). The average molecular weight is 247 g/mol. The van der Waals surface area contributed by atoms with Gasteiger partial charge in [-0.15, -0.1) is 0 Å². The zero-order chi connectivity index (χ0) is 13.1. The number of aromatic nitrogens is 1. The predicted octanol–water partition coefficient (Wildman–Crippen LogP) is 1.20. The molecule has 1 aromatic heterocycles. The van der Waals surface area contributed by atoms with Crippen molar-refractivity contribution in [2.75, 3.05) is 5.73 Å². The first-order chi connectivity index (χ1) is 8.58. The number of phenolic OH excluding ortho intramolecular Hbond substituents is 1. The molecule has 0 aliphatic carbocycles. The van der Waals surface area contributed by atoms with Gasteiger partial charge in [0, 0.05) is 17.8 Å². The molecule has 2 aromatic rings. The van der Waals surface area contributed by atoms with Crippen LogP contribution < -0.4 is 11.1 Å². The average Bonchev–Trinajstić information content (AvgIpc) is 2.76. The summed E-state index contributed by atoms with van der Waals surface area (Å²) in [5, 5.41) is 12.2. The third kappa shape index (κ3) is 2.42. The summed E-state index contributed by atoms with van der Waals surface area (Å²) in [6.07, 6.45) is 1.21. The molecule has 94 valence electrons. The second-order valence-electron chi connectivity index (χ2n) is 3.84. The monoisotopic (exact) mass is 247 g/mol. The Labute approximate surface area is 103 Å². The van der Waals surface area contributed by atoms with Crippen LogP contribution in [-0.2, 0) is 6.54 Å². The lowest BCUT2D eigenvalue weighted by molar-refractivity contribution is 0.0922. The number of oxazole rings is 1. The number of nitrogen functional groups attached to an aromatic ring is 1. The molecule has 0 bridgehead atoms. The Balaban J connectivity index is 2.06. The summed E-state index contributed by atoms with van der Waals surface area (Å²) >= 11 is 0. The highest BCUT2D eigenvalue weighted by Gasteiger charge is 2.13. The fraction of sp³-hybridized carbons (Fsp3) is 0.167. The molecule has 0 saturated carbocycles. The number of nitrogens with one attached hydrogen (secondary N) is 1. The number of carbonyl (C=O) groups excluding carboxylic acids is 1. The van der Waals surface area contributed by atoms with E-state index in [9.17, 15) is 9.90 Å². The van der Waals surface area contributed by atoms with Gasteiger partial charge < -0.3 is 20.6 Å². The van der Waals surface area contributed by atoms with Gasteiger partial charge >= 0.3 is 0 Å². The van der Waals surface area contributed by atoms with Gasteiger partial charge in [0.15, 0.2) is 6.39 Å². The van der Waals surface area contributed by atoms with E-state index in [0.29, 0.717) is 16.9 Å². The minimum absolute atomic E-state index is 0.0822. The number of carbonyl (C=O) groups is 1. The molecular weight excluding hydrogens is 234 g/mol.